The fraction of sp³-hybridized carbons (Fsp3) is 0.0690. The molecule has 0 fully saturated rings. The topological polar surface area (TPSA) is 75.5 Å². The second-order valence-electron chi connectivity index (χ2n) is 9.35. The quantitative estimate of drug-likeness (QED) is 0.223. The molecule has 2 aromatic heterocycles. The predicted molar refractivity (Wildman–Crippen MR) is 141 cm³/mol. The predicted octanol–water partition coefficient (Wildman–Crippen LogP) is 7.04. The Morgan fingerprint density at radius 2 is 1.78 bits per heavy atom. The Kier molecular flexibility index (Phi) is 6.26. The van der Waals surface area contributed by atoms with E-state index < -0.39 is 46.8 Å². The fourth-order valence-electron chi connectivity index (χ4n) is 4.84. The number of nitrogens with one attached hydrogen (secondary N) is 2. The van der Waals surface area contributed by atoms with Crippen LogP contribution in [-0.4, -0.2) is 21.2 Å². The normalized spacial score (nSPS) is 14.7. The summed E-state index contributed by atoms with van der Waals surface area (Å²) in [5.74, 6) is -3.47. The van der Waals surface area contributed by atoms with Gasteiger partial charge in [-0.2, -0.15) is 13.2 Å². The van der Waals surface area contributed by atoms with Crippen LogP contribution in [-0.2, 0) is 6.18 Å². The van der Waals surface area contributed by atoms with E-state index in [0.717, 1.165) is 12.1 Å². The van der Waals surface area contributed by atoms with Crippen LogP contribution in [0.1, 0.15) is 43.4 Å². The number of rotatable bonds is 4. The number of anilines is 1. The maximum atomic E-state index is 14.2. The summed E-state index contributed by atoms with van der Waals surface area (Å²) in [6.45, 7) is 0. The van der Waals surface area contributed by atoms with E-state index in [2.05, 4.69) is 15.6 Å². The molecule has 6 rings (SSSR count). The molecule has 1 aliphatic rings. The van der Waals surface area contributed by atoms with E-state index in [1.54, 1.807) is 41.2 Å². The van der Waals surface area contributed by atoms with Crippen LogP contribution < -0.4 is 10.6 Å². The number of carbonyl (C=O) groups excluding carboxylic acids is 2. The van der Waals surface area contributed by atoms with Crippen molar-refractivity contribution in [2.75, 3.05) is 5.32 Å². The molecular formula is C29H16ClF5N4O2. The molecule has 0 spiro atoms. The van der Waals surface area contributed by atoms with E-state index in [-0.39, 0.29) is 33.5 Å². The Hall–Kier alpha value is -4.77. The SMILES string of the molecule is O=C(Nc1cc(-c2ccc3nccn3c2)cc2c1[C@H](c1cc(F)ccc1Cl)NC2=O)c1cc(F)cc(C(F)(F)F)c1. The Bertz CT molecular complexity index is 1890. The third kappa shape index (κ3) is 4.89. The van der Waals surface area contributed by atoms with Gasteiger partial charge in [-0.1, -0.05) is 11.6 Å². The third-order valence-corrected chi connectivity index (χ3v) is 7.06. The van der Waals surface area contributed by atoms with E-state index in [1.165, 1.54) is 12.1 Å². The highest BCUT2D eigenvalue weighted by atomic mass is 35.5. The first kappa shape index (κ1) is 26.5. The molecule has 0 aliphatic carbocycles. The standard InChI is InChI=1S/C29H16ClF5N4O2/c30-22-3-2-18(31)12-20(22)26-25-21(28(41)38-26)9-15(14-1-4-24-36-5-6-39(24)13-14)10-23(25)37-27(40)16-7-17(29(33,34)35)11-19(32)8-16/h1-13,26H,(H,37,40)(H,38,41)/t26-/m0/s1. The maximum Gasteiger partial charge on any atom is 0.416 e. The number of alkyl halides is 3. The number of imidazole rings is 1. The number of aromatic nitrogens is 2. The van der Waals surface area contributed by atoms with Crippen LogP contribution in [0.5, 0.6) is 0 Å². The molecular weight excluding hydrogens is 567 g/mol. The molecule has 6 nitrogen and oxygen atoms in total. The lowest BCUT2D eigenvalue weighted by molar-refractivity contribution is -0.137. The Labute approximate surface area is 233 Å². The van der Waals surface area contributed by atoms with Crippen molar-refractivity contribution < 1.29 is 31.5 Å². The third-order valence-electron chi connectivity index (χ3n) is 6.72. The summed E-state index contributed by atoms with van der Waals surface area (Å²) < 4.78 is 69.9. The number of hydrogen-bond acceptors (Lipinski definition) is 3. The van der Waals surface area contributed by atoms with Gasteiger partial charge in [0.25, 0.3) is 11.8 Å². The van der Waals surface area contributed by atoms with Crippen molar-refractivity contribution in [3.8, 4) is 11.1 Å². The molecule has 3 aromatic carbocycles. The van der Waals surface area contributed by atoms with Crippen LogP contribution in [0, 0.1) is 11.6 Å². The molecule has 1 aliphatic heterocycles. The summed E-state index contributed by atoms with van der Waals surface area (Å²) in [7, 11) is 0. The first-order valence-electron chi connectivity index (χ1n) is 12.0. The second-order valence-corrected chi connectivity index (χ2v) is 9.76. The van der Waals surface area contributed by atoms with E-state index in [9.17, 15) is 31.5 Å². The zero-order valence-corrected chi connectivity index (χ0v) is 21.3. The molecule has 0 radical (unpaired) electrons. The van der Waals surface area contributed by atoms with Crippen LogP contribution >= 0.6 is 11.6 Å². The van der Waals surface area contributed by atoms with Crippen LogP contribution in [0.4, 0.5) is 27.6 Å². The molecule has 2 amide bonds. The number of fused-ring (bicyclic) bond motifs is 2. The monoisotopic (exact) mass is 582 g/mol. The largest absolute Gasteiger partial charge is 0.416 e. The van der Waals surface area contributed by atoms with E-state index >= 15 is 0 Å². The average molecular weight is 583 g/mol. The maximum absolute atomic E-state index is 14.2. The molecule has 0 saturated carbocycles. The van der Waals surface area contributed by atoms with Gasteiger partial charge in [0.2, 0.25) is 0 Å². The van der Waals surface area contributed by atoms with Crippen molar-refractivity contribution in [2.45, 2.75) is 12.2 Å². The van der Waals surface area contributed by atoms with Gasteiger partial charge in [0.1, 0.15) is 17.3 Å². The lowest BCUT2D eigenvalue weighted by atomic mass is 9.93. The van der Waals surface area contributed by atoms with Crippen molar-refractivity contribution >= 4 is 34.7 Å². The molecule has 2 N–H and O–H groups in total. The van der Waals surface area contributed by atoms with Gasteiger partial charge in [0.05, 0.1) is 11.6 Å². The van der Waals surface area contributed by atoms with Crippen molar-refractivity contribution in [3.63, 3.8) is 0 Å². The summed E-state index contributed by atoms with van der Waals surface area (Å²) >= 11 is 6.33. The van der Waals surface area contributed by atoms with Gasteiger partial charge in [0.15, 0.2) is 0 Å². The van der Waals surface area contributed by atoms with Crippen LogP contribution in [0.2, 0.25) is 5.02 Å². The molecule has 1 atom stereocenters. The van der Waals surface area contributed by atoms with Crippen LogP contribution in [0.15, 0.2) is 79.3 Å². The zero-order chi connectivity index (χ0) is 29.1. The van der Waals surface area contributed by atoms with E-state index in [0.29, 0.717) is 28.9 Å². The van der Waals surface area contributed by atoms with Gasteiger partial charge >= 0.3 is 6.18 Å². The number of carbonyl (C=O) groups is 2. The summed E-state index contributed by atoms with van der Waals surface area (Å²) in [4.78, 5) is 30.6. The molecule has 0 saturated heterocycles. The van der Waals surface area contributed by atoms with Gasteiger partial charge in [0, 0.05) is 51.6 Å². The van der Waals surface area contributed by atoms with Crippen molar-refractivity contribution in [3.05, 3.63) is 124 Å². The van der Waals surface area contributed by atoms with Gasteiger partial charge < -0.3 is 15.0 Å². The minimum Gasteiger partial charge on any atom is -0.341 e. The number of pyridine rings is 1. The first-order chi connectivity index (χ1) is 19.5. The highest BCUT2D eigenvalue weighted by Crippen LogP contribution is 2.42. The second kappa shape index (κ2) is 9.70. The summed E-state index contributed by atoms with van der Waals surface area (Å²) in [6, 6.07) is 10.7. The number of nitrogens with zero attached hydrogens (tertiary/aromatic N) is 2. The van der Waals surface area contributed by atoms with Crippen molar-refractivity contribution in [2.24, 2.45) is 0 Å². The minimum atomic E-state index is -4.89. The molecule has 12 heteroatoms. The van der Waals surface area contributed by atoms with Gasteiger partial charge in [-0.3, -0.25) is 9.59 Å². The molecule has 0 unspecified atom stereocenters. The number of benzene rings is 3. The minimum absolute atomic E-state index is 0.0368. The number of hydrogen-bond donors (Lipinski definition) is 2. The smallest absolute Gasteiger partial charge is 0.341 e. The zero-order valence-electron chi connectivity index (χ0n) is 20.6. The van der Waals surface area contributed by atoms with Crippen LogP contribution in [0.3, 0.4) is 0 Å². The summed E-state index contributed by atoms with van der Waals surface area (Å²) in [6.07, 6.45) is 0.166. The average Bonchev–Trinajstić information content (AvgIpc) is 3.53. The Balaban J connectivity index is 1.51. The van der Waals surface area contributed by atoms with Crippen molar-refractivity contribution in [1.82, 2.24) is 14.7 Å². The summed E-state index contributed by atoms with van der Waals surface area (Å²) in [5.41, 5.74) is 0.422. The van der Waals surface area contributed by atoms with Gasteiger partial charge in [-0.25, -0.2) is 13.8 Å². The number of amides is 2. The van der Waals surface area contributed by atoms with Gasteiger partial charge in [-0.15, -0.1) is 0 Å². The molecule has 5 aromatic rings. The number of halogens is 6. The van der Waals surface area contributed by atoms with Crippen molar-refractivity contribution in [1.29, 1.82) is 0 Å². The lowest BCUT2D eigenvalue weighted by Gasteiger charge is -2.19. The van der Waals surface area contributed by atoms with E-state index in [4.69, 9.17) is 11.6 Å². The van der Waals surface area contributed by atoms with E-state index in [1.807, 2.05) is 0 Å². The molecule has 0 bridgehead atoms. The highest BCUT2D eigenvalue weighted by Gasteiger charge is 2.36. The highest BCUT2D eigenvalue weighted by molar-refractivity contribution is 6.31. The fourth-order valence-corrected chi connectivity index (χ4v) is 5.07. The molecule has 41 heavy (non-hydrogen) atoms. The summed E-state index contributed by atoms with van der Waals surface area (Å²) in [5, 5.41) is 5.41. The van der Waals surface area contributed by atoms with Gasteiger partial charge in [-0.05, 0) is 71.8 Å². The Morgan fingerprint density at radius 1 is 0.976 bits per heavy atom. The first-order valence-corrected chi connectivity index (χ1v) is 12.4. The molecule has 3 heterocycles. The Morgan fingerprint density at radius 3 is 2.56 bits per heavy atom. The molecule has 206 valence electrons. The lowest BCUT2D eigenvalue weighted by Crippen LogP contribution is -2.21. The van der Waals surface area contributed by atoms with Crippen LogP contribution in [0.25, 0.3) is 16.8 Å².